The van der Waals surface area contributed by atoms with Crippen molar-refractivity contribution >= 4 is 28.0 Å². The van der Waals surface area contributed by atoms with Crippen molar-refractivity contribution in [3.05, 3.63) is 35.9 Å². The predicted molar refractivity (Wildman–Crippen MR) is 90.3 cm³/mol. The highest BCUT2D eigenvalue weighted by atomic mass is 32.2. The van der Waals surface area contributed by atoms with E-state index in [1.54, 1.807) is 24.6 Å². The number of pyridine rings is 1. The normalized spacial score (nSPS) is 13.4. The quantitative estimate of drug-likeness (QED) is 0.719. The van der Waals surface area contributed by atoms with Gasteiger partial charge >= 0.3 is 6.18 Å². The summed E-state index contributed by atoms with van der Waals surface area (Å²) in [6.45, 7) is 1.76. The van der Waals surface area contributed by atoms with Gasteiger partial charge in [-0.3, -0.25) is 0 Å². The van der Waals surface area contributed by atoms with Crippen molar-refractivity contribution in [3.63, 3.8) is 0 Å². The third-order valence-electron chi connectivity index (χ3n) is 3.81. The number of aryl methyl sites for hydroxylation is 1. The zero-order chi connectivity index (χ0) is 18.4. The Morgan fingerprint density at radius 2 is 1.92 bits per heavy atom. The third kappa shape index (κ3) is 3.16. The zero-order valence-corrected chi connectivity index (χ0v) is 14.3. The summed E-state index contributed by atoms with van der Waals surface area (Å²) < 4.78 is 52.6. The van der Waals surface area contributed by atoms with Crippen molar-refractivity contribution in [3.8, 4) is 11.5 Å². The molecule has 9 heteroatoms. The summed E-state index contributed by atoms with van der Waals surface area (Å²) in [5.74, 6) is 0.911. The minimum Gasteiger partial charge on any atom is -0.611 e. The zero-order valence-electron chi connectivity index (χ0n) is 13.5. The average Bonchev–Trinajstić information content (AvgIpc) is 2.89. The number of nitrogens with two attached hydrogens (primary N) is 1. The molecular weight excluding hydrogens is 353 g/mol. The molecular formula is C16H15F3N4OS. The van der Waals surface area contributed by atoms with E-state index >= 15 is 0 Å². The molecule has 0 saturated carbocycles. The van der Waals surface area contributed by atoms with E-state index in [0.717, 1.165) is 12.1 Å². The van der Waals surface area contributed by atoms with Crippen LogP contribution in [0.2, 0.25) is 0 Å². The number of halogens is 3. The lowest BCUT2D eigenvalue weighted by Gasteiger charge is -2.12. The molecule has 1 aromatic carbocycles. The lowest BCUT2D eigenvalue weighted by atomic mass is 10.2. The molecule has 25 heavy (non-hydrogen) atoms. The van der Waals surface area contributed by atoms with E-state index in [1.807, 2.05) is 0 Å². The van der Waals surface area contributed by atoms with Gasteiger partial charge in [0.15, 0.2) is 16.4 Å². The largest absolute Gasteiger partial charge is 0.611 e. The van der Waals surface area contributed by atoms with Gasteiger partial charge in [-0.15, -0.1) is 0 Å². The summed E-state index contributed by atoms with van der Waals surface area (Å²) in [4.78, 5) is 8.95. The van der Waals surface area contributed by atoms with Crippen LogP contribution in [0.4, 0.5) is 19.0 Å². The molecule has 5 nitrogen and oxygen atoms in total. The number of imidazole rings is 1. The molecule has 2 heterocycles. The molecule has 0 fully saturated rings. The second kappa shape index (κ2) is 6.23. The summed E-state index contributed by atoms with van der Waals surface area (Å²) in [5, 5.41) is 0. The maximum absolute atomic E-state index is 12.9. The number of hydrogen-bond donors (Lipinski definition) is 1. The van der Waals surface area contributed by atoms with Crippen LogP contribution in [-0.2, 0) is 24.4 Å². The first kappa shape index (κ1) is 17.6. The van der Waals surface area contributed by atoms with E-state index < -0.39 is 22.9 Å². The molecule has 1 atom stereocenters. The van der Waals surface area contributed by atoms with Crippen LogP contribution in [0.5, 0.6) is 0 Å². The lowest BCUT2D eigenvalue weighted by molar-refractivity contribution is -0.137. The van der Waals surface area contributed by atoms with Crippen LogP contribution in [-0.4, -0.2) is 24.8 Å². The Bertz CT molecular complexity index is 939. The number of hydrogen-bond acceptors (Lipinski definition) is 4. The van der Waals surface area contributed by atoms with E-state index in [9.17, 15) is 17.7 Å². The Morgan fingerprint density at radius 1 is 1.20 bits per heavy atom. The monoisotopic (exact) mass is 368 g/mol. The summed E-state index contributed by atoms with van der Waals surface area (Å²) in [5.41, 5.74) is 5.97. The van der Waals surface area contributed by atoms with Gasteiger partial charge in [0.25, 0.3) is 0 Å². The first-order valence-corrected chi connectivity index (χ1v) is 8.73. The molecule has 0 aliphatic carbocycles. The number of benzene rings is 1. The maximum atomic E-state index is 12.9. The van der Waals surface area contributed by atoms with Crippen molar-refractivity contribution in [1.29, 1.82) is 0 Å². The molecule has 3 aromatic rings. The standard InChI is InChI=1S/C16H15F3N4OS/c1-3-25(24)12-6-7-13(20)22-14(12)15-21-10-8-9(16(17,18)19)4-5-11(10)23(15)2/h4-8H,3H2,1-2H3,(H2,20,22). The van der Waals surface area contributed by atoms with Gasteiger partial charge in [0.1, 0.15) is 11.6 Å². The molecule has 0 aliphatic heterocycles. The Labute approximate surface area is 144 Å². The molecule has 0 radical (unpaired) electrons. The minimum absolute atomic E-state index is 0.185. The van der Waals surface area contributed by atoms with Crippen LogP contribution in [0.3, 0.4) is 0 Å². The SMILES string of the molecule is CC[S+]([O-])c1ccc(N)nc1-c1nc2cc(C(F)(F)F)ccc2n1C. The van der Waals surface area contributed by atoms with Gasteiger partial charge in [0.05, 0.1) is 16.6 Å². The van der Waals surface area contributed by atoms with Gasteiger partial charge in [0, 0.05) is 7.05 Å². The molecule has 0 aliphatic rings. The van der Waals surface area contributed by atoms with Crippen LogP contribution < -0.4 is 5.73 Å². The van der Waals surface area contributed by atoms with Crippen molar-refractivity contribution in [2.24, 2.45) is 7.05 Å². The Balaban J connectivity index is 2.23. The van der Waals surface area contributed by atoms with E-state index in [0.29, 0.717) is 27.7 Å². The van der Waals surface area contributed by atoms with Gasteiger partial charge in [-0.25, -0.2) is 9.97 Å². The number of aromatic nitrogens is 3. The number of nitrogens with zero attached hydrogens (tertiary/aromatic N) is 3. The number of alkyl halides is 3. The molecule has 2 N–H and O–H groups in total. The molecule has 0 bridgehead atoms. The fourth-order valence-electron chi connectivity index (χ4n) is 2.55. The number of fused-ring (bicyclic) bond motifs is 1. The number of anilines is 1. The fraction of sp³-hybridized carbons (Fsp3) is 0.250. The highest BCUT2D eigenvalue weighted by Gasteiger charge is 2.31. The predicted octanol–water partition coefficient (Wildman–Crippen LogP) is 3.36. The van der Waals surface area contributed by atoms with Gasteiger partial charge < -0.3 is 14.9 Å². The summed E-state index contributed by atoms with van der Waals surface area (Å²) in [6, 6.07) is 6.50. The Kier molecular flexibility index (Phi) is 4.38. The highest BCUT2D eigenvalue weighted by molar-refractivity contribution is 7.91. The van der Waals surface area contributed by atoms with Gasteiger partial charge in [0.2, 0.25) is 0 Å². The maximum Gasteiger partial charge on any atom is 0.416 e. The molecule has 2 aromatic heterocycles. The molecule has 3 rings (SSSR count). The molecule has 132 valence electrons. The van der Waals surface area contributed by atoms with Gasteiger partial charge in [-0.1, -0.05) is 0 Å². The average molecular weight is 368 g/mol. The lowest BCUT2D eigenvalue weighted by Crippen LogP contribution is -2.09. The third-order valence-corrected chi connectivity index (χ3v) is 5.15. The van der Waals surface area contributed by atoms with Crippen LogP contribution >= 0.6 is 0 Å². The van der Waals surface area contributed by atoms with Crippen molar-refractivity contribution in [2.45, 2.75) is 18.0 Å². The Morgan fingerprint density at radius 3 is 2.56 bits per heavy atom. The second-order valence-electron chi connectivity index (χ2n) is 5.41. The molecule has 1 unspecified atom stereocenters. The van der Waals surface area contributed by atoms with E-state index in [4.69, 9.17) is 5.73 Å². The van der Waals surface area contributed by atoms with E-state index in [2.05, 4.69) is 9.97 Å². The summed E-state index contributed by atoms with van der Waals surface area (Å²) in [6.07, 6.45) is -4.45. The highest BCUT2D eigenvalue weighted by Crippen LogP contribution is 2.33. The molecule has 0 saturated heterocycles. The van der Waals surface area contributed by atoms with Crippen LogP contribution in [0.15, 0.2) is 35.2 Å². The van der Waals surface area contributed by atoms with Crippen LogP contribution in [0.25, 0.3) is 22.6 Å². The van der Waals surface area contributed by atoms with Crippen LogP contribution in [0, 0.1) is 0 Å². The van der Waals surface area contributed by atoms with Gasteiger partial charge in [-0.05, 0) is 48.4 Å². The number of rotatable bonds is 3. The van der Waals surface area contributed by atoms with E-state index in [-0.39, 0.29) is 11.3 Å². The second-order valence-corrected chi connectivity index (χ2v) is 7.12. The first-order chi connectivity index (χ1) is 11.7. The van der Waals surface area contributed by atoms with Crippen LogP contribution in [0.1, 0.15) is 12.5 Å². The van der Waals surface area contributed by atoms with E-state index in [1.165, 1.54) is 12.1 Å². The molecule has 0 spiro atoms. The molecule has 0 amide bonds. The summed E-state index contributed by atoms with van der Waals surface area (Å²) >= 11 is -1.31. The number of nitrogen functional groups attached to an aromatic ring is 1. The Hall–Kier alpha value is -2.26. The van der Waals surface area contributed by atoms with Crippen molar-refractivity contribution in [2.75, 3.05) is 11.5 Å². The summed E-state index contributed by atoms with van der Waals surface area (Å²) in [7, 11) is 1.67. The van der Waals surface area contributed by atoms with Gasteiger partial charge in [-0.2, -0.15) is 13.2 Å². The van der Waals surface area contributed by atoms with Crippen molar-refractivity contribution < 1.29 is 17.7 Å². The smallest absolute Gasteiger partial charge is 0.416 e. The first-order valence-electron chi connectivity index (χ1n) is 7.41. The minimum atomic E-state index is -4.45. The van der Waals surface area contributed by atoms with Crippen molar-refractivity contribution in [1.82, 2.24) is 14.5 Å². The fourth-order valence-corrected chi connectivity index (χ4v) is 3.43. The topological polar surface area (TPSA) is 79.8 Å².